The maximum atomic E-state index is 11.8. The molecule has 1 aliphatic carbocycles. The number of carbonyl (C=O) groups excluding carboxylic acids is 1. The molecule has 2 fully saturated rings. The molecular weight excluding hydrogens is 434 g/mol. The lowest BCUT2D eigenvalue weighted by Crippen LogP contribution is -2.49. The molecule has 1 aliphatic heterocycles. The topological polar surface area (TPSA) is 77.1 Å². The van der Waals surface area contributed by atoms with Crippen molar-refractivity contribution in [3.63, 3.8) is 0 Å². The Labute approximate surface area is 208 Å². The maximum absolute atomic E-state index is 11.8. The Balaban J connectivity index is 1.49. The second-order valence-corrected chi connectivity index (χ2v) is 9.57. The summed E-state index contributed by atoms with van der Waals surface area (Å²) in [5.74, 6) is 6.38. The standard InChI is InChI=1S/C30H31N3O2/c1-23(34)35-29-11-5-10-28(29)30(22-32,26-8-3-2-4-9-26)27-16-19-33(20-17-27)18-6-7-24-12-14-25(21-31)15-13-24/h2-4,8-9,12-15,27-29H,5,10-11,16-20H2,1H3/t28-,29-,30?/m0/s1. The molecule has 0 bridgehead atoms. The highest BCUT2D eigenvalue weighted by molar-refractivity contribution is 5.66. The van der Waals surface area contributed by atoms with Crippen molar-refractivity contribution in [2.75, 3.05) is 19.6 Å². The fraction of sp³-hybridized carbons (Fsp3) is 0.433. The Morgan fingerprint density at radius 1 is 1.00 bits per heavy atom. The highest BCUT2D eigenvalue weighted by Gasteiger charge is 2.53. The number of piperidine rings is 1. The molecule has 5 heteroatoms. The van der Waals surface area contributed by atoms with Crippen LogP contribution in [-0.2, 0) is 14.9 Å². The van der Waals surface area contributed by atoms with E-state index in [4.69, 9.17) is 10.00 Å². The average molecular weight is 466 g/mol. The van der Waals surface area contributed by atoms with Crippen LogP contribution in [0, 0.1) is 46.3 Å². The molecule has 178 valence electrons. The summed E-state index contributed by atoms with van der Waals surface area (Å²) in [7, 11) is 0. The van der Waals surface area contributed by atoms with E-state index >= 15 is 0 Å². The van der Waals surface area contributed by atoms with Crippen LogP contribution in [0.15, 0.2) is 54.6 Å². The Morgan fingerprint density at radius 3 is 2.31 bits per heavy atom. The maximum Gasteiger partial charge on any atom is 0.302 e. The molecule has 0 amide bonds. The van der Waals surface area contributed by atoms with Gasteiger partial charge >= 0.3 is 5.97 Å². The zero-order valence-corrected chi connectivity index (χ0v) is 20.2. The molecule has 0 N–H and O–H groups in total. The molecule has 3 atom stereocenters. The summed E-state index contributed by atoms with van der Waals surface area (Å²) in [4.78, 5) is 14.2. The number of ether oxygens (including phenoxy) is 1. The Hall–Kier alpha value is -3.59. The van der Waals surface area contributed by atoms with Crippen LogP contribution < -0.4 is 0 Å². The molecule has 35 heavy (non-hydrogen) atoms. The minimum absolute atomic E-state index is 0.00604. The van der Waals surface area contributed by atoms with Crippen LogP contribution in [0.25, 0.3) is 0 Å². The Bertz CT molecular complexity index is 1160. The van der Waals surface area contributed by atoms with Gasteiger partial charge in [-0.2, -0.15) is 10.5 Å². The molecule has 2 aromatic carbocycles. The molecule has 2 aromatic rings. The minimum atomic E-state index is -0.669. The first-order valence-corrected chi connectivity index (χ1v) is 12.4. The molecule has 5 nitrogen and oxygen atoms in total. The van der Waals surface area contributed by atoms with E-state index in [-0.39, 0.29) is 23.9 Å². The second-order valence-electron chi connectivity index (χ2n) is 9.57. The molecule has 4 rings (SSSR count). The SMILES string of the molecule is CC(=O)O[C@H]1CCC[C@@H]1C(C#N)(c1ccccc1)C1CCN(CC#Cc2ccc(C#N)cc2)CC1. The Morgan fingerprint density at radius 2 is 1.69 bits per heavy atom. The van der Waals surface area contributed by atoms with Gasteiger partial charge in [0.15, 0.2) is 0 Å². The van der Waals surface area contributed by atoms with Crippen LogP contribution in [0.2, 0.25) is 0 Å². The molecule has 0 spiro atoms. The average Bonchev–Trinajstić information content (AvgIpc) is 3.34. The number of benzene rings is 2. The second kappa shape index (κ2) is 11.2. The molecule has 1 unspecified atom stereocenters. The molecule has 0 radical (unpaired) electrons. The van der Waals surface area contributed by atoms with Gasteiger partial charge in [-0.25, -0.2) is 0 Å². The highest BCUT2D eigenvalue weighted by atomic mass is 16.5. The van der Waals surface area contributed by atoms with Crippen molar-refractivity contribution in [2.24, 2.45) is 11.8 Å². The van der Waals surface area contributed by atoms with Crippen molar-refractivity contribution in [2.45, 2.75) is 50.5 Å². The van der Waals surface area contributed by atoms with Crippen LogP contribution in [0.3, 0.4) is 0 Å². The molecule has 0 aromatic heterocycles. The van der Waals surface area contributed by atoms with Crippen LogP contribution in [0.1, 0.15) is 55.7 Å². The predicted octanol–water partition coefficient (Wildman–Crippen LogP) is 4.82. The summed E-state index contributed by atoms with van der Waals surface area (Å²) in [6.07, 6.45) is 4.31. The lowest BCUT2D eigenvalue weighted by Gasteiger charge is -2.45. The van der Waals surface area contributed by atoms with Gasteiger partial charge in [0.25, 0.3) is 0 Å². The van der Waals surface area contributed by atoms with Gasteiger partial charge in [0.05, 0.1) is 29.7 Å². The van der Waals surface area contributed by atoms with E-state index in [1.807, 2.05) is 30.3 Å². The van der Waals surface area contributed by atoms with Crippen LogP contribution in [0.5, 0.6) is 0 Å². The number of nitrogens with zero attached hydrogens (tertiary/aromatic N) is 3. The first-order chi connectivity index (χ1) is 17.1. The Kier molecular flexibility index (Phi) is 7.87. The van der Waals surface area contributed by atoms with Gasteiger partial charge in [0, 0.05) is 18.4 Å². The van der Waals surface area contributed by atoms with Gasteiger partial charge in [0.1, 0.15) is 6.10 Å². The van der Waals surface area contributed by atoms with Crippen molar-refractivity contribution in [3.8, 4) is 24.0 Å². The van der Waals surface area contributed by atoms with E-state index in [1.54, 1.807) is 12.1 Å². The third kappa shape index (κ3) is 5.40. The summed E-state index contributed by atoms with van der Waals surface area (Å²) in [5, 5.41) is 19.7. The lowest BCUT2D eigenvalue weighted by atomic mass is 9.59. The van der Waals surface area contributed by atoms with E-state index in [9.17, 15) is 10.1 Å². The number of nitriles is 2. The molecular formula is C30H31N3O2. The zero-order chi connectivity index (χ0) is 24.7. The van der Waals surface area contributed by atoms with Gasteiger partial charge in [-0.15, -0.1) is 0 Å². The molecule has 1 heterocycles. The fourth-order valence-corrected chi connectivity index (χ4v) is 5.93. The lowest BCUT2D eigenvalue weighted by molar-refractivity contribution is -0.149. The van der Waals surface area contributed by atoms with Gasteiger partial charge in [-0.1, -0.05) is 42.2 Å². The van der Waals surface area contributed by atoms with Crippen molar-refractivity contribution < 1.29 is 9.53 Å². The van der Waals surface area contributed by atoms with Gasteiger partial charge in [-0.3, -0.25) is 9.69 Å². The minimum Gasteiger partial charge on any atom is -0.462 e. The largest absolute Gasteiger partial charge is 0.462 e. The predicted molar refractivity (Wildman–Crippen MR) is 134 cm³/mol. The van der Waals surface area contributed by atoms with Crippen LogP contribution >= 0.6 is 0 Å². The smallest absolute Gasteiger partial charge is 0.302 e. The normalized spacial score (nSPS) is 22.1. The third-order valence-electron chi connectivity index (χ3n) is 7.57. The van der Waals surface area contributed by atoms with E-state index in [0.717, 1.165) is 56.3 Å². The molecule has 1 saturated carbocycles. The van der Waals surface area contributed by atoms with Crippen molar-refractivity contribution in [3.05, 3.63) is 71.3 Å². The monoisotopic (exact) mass is 465 g/mol. The fourth-order valence-electron chi connectivity index (χ4n) is 5.93. The summed E-state index contributed by atoms with van der Waals surface area (Å²) < 4.78 is 5.74. The summed E-state index contributed by atoms with van der Waals surface area (Å²) in [6, 6.07) is 22.4. The number of hydrogen-bond acceptors (Lipinski definition) is 5. The van der Waals surface area contributed by atoms with E-state index in [1.165, 1.54) is 6.92 Å². The van der Waals surface area contributed by atoms with Crippen molar-refractivity contribution in [1.29, 1.82) is 10.5 Å². The van der Waals surface area contributed by atoms with Crippen LogP contribution in [-0.4, -0.2) is 36.6 Å². The van der Waals surface area contributed by atoms with E-state index < -0.39 is 5.41 Å². The van der Waals surface area contributed by atoms with Crippen molar-refractivity contribution >= 4 is 5.97 Å². The zero-order valence-electron chi connectivity index (χ0n) is 20.2. The number of likely N-dealkylation sites (tertiary alicyclic amines) is 1. The summed E-state index contributed by atoms with van der Waals surface area (Å²) >= 11 is 0. The summed E-state index contributed by atoms with van der Waals surface area (Å²) in [6.45, 7) is 3.91. The summed E-state index contributed by atoms with van der Waals surface area (Å²) in [5.41, 5.74) is 1.92. The van der Waals surface area contributed by atoms with Gasteiger partial charge in [-0.05, 0) is 80.9 Å². The number of carbonyl (C=O) groups is 1. The molecule has 2 aliphatic rings. The quantitative estimate of drug-likeness (QED) is 0.468. The first-order valence-electron chi connectivity index (χ1n) is 12.4. The van der Waals surface area contributed by atoms with Gasteiger partial charge in [0.2, 0.25) is 0 Å². The highest BCUT2D eigenvalue weighted by Crippen LogP contribution is 2.50. The number of hydrogen-bond donors (Lipinski definition) is 0. The van der Waals surface area contributed by atoms with Gasteiger partial charge < -0.3 is 4.74 Å². The third-order valence-corrected chi connectivity index (χ3v) is 7.57. The van der Waals surface area contributed by atoms with Crippen LogP contribution in [0.4, 0.5) is 0 Å². The number of rotatable bonds is 5. The molecule has 1 saturated heterocycles. The first kappa shape index (κ1) is 24.5. The van der Waals surface area contributed by atoms with E-state index in [2.05, 4.69) is 41.0 Å². The van der Waals surface area contributed by atoms with E-state index in [0.29, 0.717) is 12.1 Å². The number of esters is 1. The van der Waals surface area contributed by atoms with Crippen molar-refractivity contribution in [1.82, 2.24) is 4.90 Å².